The second kappa shape index (κ2) is 14.3. The topological polar surface area (TPSA) is 86.8 Å². The van der Waals surface area contributed by atoms with Crippen molar-refractivity contribution in [2.24, 2.45) is 0 Å². The number of nitrogens with zero attached hydrogens (tertiary/aromatic N) is 2. The van der Waals surface area contributed by atoms with Gasteiger partial charge < -0.3 is 10.2 Å². The van der Waals surface area contributed by atoms with E-state index in [1.165, 1.54) is 29.2 Å². The third kappa shape index (κ3) is 8.81. The quantitative estimate of drug-likeness (QED) is 0.202. The predicted molar refractivity (Wildman–Crippen MR) is 180 cm³/mol. The molecule has 46 heavy (non-hydrogen) atoms. The first-order valence-electron chi connectivity index (χ1n) is 15.2. The first kappa shape index (κ1) is 34.4. The van der Waals surface area contributed by atoms with Gasteiger partial charge in [-0.1, -0.05) is 66.2 Å². The summed E-state index contributed by atoms with van der Waals surface area (Å²) in [6, 6.07) is 25.7. The number of carbonyl (C=O) groups is 2. The van der Waals surface area contributed by atoms with Gasteiger partial charge in [0.05, 0.1) is 10.6 Å². The highest BCUT2D eigenvalue weighted by atomic mass is 32.2. The first-order valence-corrected chi connectivity index (χ1v) is 16.6. The molecule has 242 valence electrons. The van der Waals surface area contributed by atoms with Gasteiger partial charge in [0, 0.05) is 18.5 Å². The third-order valence-electron chi connectivity index (χ3n) is 7.70. The number of hydrogen-bond donors (Lipinski definition) is 1. The molecule has 0 saturated heterocycles. The van der Waals surface area contributed by atoms with Crippen molar-refractivity contribution < 1.29 is 22.4 Å². The Labute approximate surface area is 272 Å². The Balaban J connectivity index is 1.83. The van der Waals surface area contributed by atoms with Crippen LogP contribution in [0.25, 0.3) is 0 Å². The van der Waals surface area contributed by atoms with Crippen LogP contribution in [0.3, 0.4) is 0 Å². The number of nitrogens with one attached hydrogen (secondary N) is 1. The van der Waals surface area contributed by atoms with E-state index in [1.54, 1.807) is 36.4 Å². The van der Waals surface area contributed by atoms with Crippen molar-refractivity contribution in [1.82, 2.24) is 10.2 Å². The van der Waals surface area contributed by atoms with Crippen LogP contribution in [0.15, 0.2) is 102 Å². The van der Waals surface area contributed by atoms with Gasteiger partial charge in [0.2, 0.25) is 11.8 Å². The molecule has 0 aromatic heterocycles. The van der Waals surface area contributed by atoms with E-state index < -0.39 is 39.9 Å². The Morgan fingerprint density at radius 2 is 1.43 bits per heavy atom. The normalized spacial score (nSPS) is 12.3. The smallest absolute Gasteiger partial charge is 0.264 e. The van der Waals surface area contributed by atoms with E-state index in [4.69, 9.17) is 0 Å². The molecule has 1 unspecified atom stereocenters. The molecule has 4 aromatic carbocycles. The molecule has 2 amide bonds. The van der Waals surface area contributed by atoms with E-state index in [0.717, 1.165) is 26.6 Å². The molecule has 9 heteroatoms. The molecule has 1 atom stereocenters. The molecule has 0 heterocycles. The lowest BCUT2D eigenvalue weighted by molar-refractivity contribution is -0.140. The van der Waals surface area contributed by atoms with Crippen molar-refractivity contribution in [2.75, 3.05) is 10.8 Å². The number of benzene rings is 4. The molecule has 4 rings (SSSR count). The van der Waals surface area contributed by atoms with E-state index in [1.807, 2.05) is 77.9 Å². The second-order valence-electron chi connectivity index (χ2n) is 12.7. The van der Waals surface area contributed by atoms with Crippen LogP contribution in [-0.4, -0.2) is 43.3 Å². The number of sulfonamides is 1. The maximum atomic E-state index is 14.5. The highest BCUT2D eigenvalue weighted by Crippen LogP contribution is 2.27. The zero-order chi connectivity index (χ0) is 33.6. The minimum Gasteiger partial charge on any atom is -0.350 e. The summed E-state index contributed by atoms with van der Waals surface area (Å²) in [5.74, 6) is -1.40. The molecule has 0 bridgehead atoms. The number of carbonyl (C=O) groups excluding carboxylic acids is 2. The first-order chi connectivity index (χ1) is 21.6. The number of amides is 2. The molecule has 1 N–H and O–H groups in total. The summed E-state index contributed by atoms with van der Waals surface area (Å²) in [7, 11) is -4.21. The minimum atomic E-state index is -4.21. The van der Waals surface area contributed by atoms with E-state index in [2.05, 4.69) is 5.32 Å². The van der Waals surface area contributed by atoms with Crippen molar-refractivity contribution in [1.29, 1.82) is 0 Å². The molecule has 0 fully saturated rings. The van der Waals surface area contributed by atoms with Crippen LogP contribution in [0.5, 0.6) is 0 Å². The van der Waals surface area contributed by atoms with Crippen molar-refractivity contribution in [2.45, 2.75) is 71.0 Å². The lowest BCUT2D eigenvalue weighted by atomic mass is 10.0. The van der Waals surface area contributed by atoms with Gasteiger partial charge in [-0.15, -0.1) is 0 Å². The minimum absolute atomic E-state index is 0.0421. The fourth-order valence-corrected chi connectivity index (χ4v) is 6.45. The lowest BCUT2D eigenvalue weighted by Crippen LogP contribution is -2.56. The van der Waals surface area contributed by atoms with Crippen molar-refractivity contribution >= 4 is 27.5 Å². The maximum Gasteiger partial charge on any atom is 0.264 e. The number of aryl methyl sites for hydroxylation is 3. The Morgan fingerprint density at radius 1 is 0.804 bits per heavy atom. The van der Waals surface area contributed by atoms with E-state index in [9.17, 15) is 22.4 Å². The third-order valence-corrected chi connectivity index (χ3v) is 9.49. The van der Waals surface area contributed by atoms with E-state index >= 15 is 0 Å². The standard InChI is InChI=1S/C37H42FN3O4S/c1-26-12-20-33(21-13-26)46(44,45)41(32-19-14-27(2)28(3)22-32)25-35(42)40(24-30-15-17-31(38)18-16-30)34(36(43)39-37(4,5)6)23-29-10-8-7-9-11-29/h7-22,34H,23-25H2,1-6H3,(H,39,43). The maximum absolute atomic E-state index is 14.5. The monoisotopic (exact) mass is 643 g/mol. The zero-order valence-electron chi connectivity index (χ0n) is 27.2. The van der Waals surface area contributed by atoms with Crippen LogP contribution in [0, 0.1) is 26.6 Å². The summed E-state index contributed by atoms with van der Waals surface area (Å²) in [6.45, 7) is 10.6. The van der Waals surface area contributed by atoms with Crippen LogP contribution < -0.4 is 9.62 Å². The van der Waals surface area contributed by atoms with Gasteiger partial charge in [-0.2, -0.15) is 0 Å². The molecule has 4 aromatic rings. The lowest BCUT2D eigenvalue weighted by Gasteiger charge is -2.35. The number of hydrogen-bond acceptors (Lipinski definition) is 4. The van der Waals surface area contributed by atoms with Gasteiger partial charge in [0.1, 0.15) is 18.4 Å². The summed E-state index contributed by atoms with van der Waals surface area (Å²) < 4.78 is 43.4. The van der Waals surface area contributed by atoms with Gasteiger partial charge in [-0.3, -0.25) is 13.9 Å². The van der Waals surface area contributed by atoms with Gasteiger partial charge in [0.15, 0.2) is 0 Å². The fraction of sp³-hybridized carbons (Fsp3) is 0.297. The molecule has 0 spiro atoms. The van der Waals surface area contributed by atoms with Crippen LogP contribution in [-0.2, 0) is 32.6 Å². The van der Waals surface area contributed by atoms with Crippen LogP contribution in [0.1, 0.15) is 48.6 Å². The van der Waals surface area contributed by atoms with Crippen molar-refractivity contribution in [3.05, 3.63) is 131 Å². The second-order valence-corrected chi connectivity index (χ2v) is 14.5. The average molecular weight is 644 g/mol. The van der Waals surface area contributed by atoms with Crippen LogP contribution >= 0.6 is 0 Å². The Kier molecular flexibility index (Phi) is 10.7. The Bertz CT molecular complexity index is 1770. The van der Waals surface area contributed by atoms with Crippen molar-refractivity contribution in [3.63, 3.8) is 0 Å². The van der Waals surface area contributed by atoms with Gasteiger partial charge in [-0.25, -0.2) is 12.8 Å². The van der Waals surface area contributed by atoms with Gasteiger partial charge >= 0.3 is 0 Å². The SMILES string of the molecule is Cc1ccc(S(=O)(=O)N(CC(=O)N(Cc2ccc(F)cc2)C(Cc2ccccc2)C(=O)NC(C)(C)C)c2ccc(C)c(C)c2)cc1. The Hall–Kier alpha value is -4.50. The molecule has 0 aliphatic carbocycles. The molecule has 0 aliphatic heterocycles. The molecule has 0 saturated carbocycles. The summed E-state index contributed by atoms with van der Waals surface area (Å²) in [5.41, 5.74) is 3.88. The molecule has 0 radical (unpaired) electrons. The Morgan fingerprint density at radius 3 is 2.02 bits per heavy atom. The van der Waals surface area contributed by atoms with Crippen LogP contribution in [0.4, 0.5) is 10.1 Å². The summed E-state index contributed by atoms with van der Waals surface area (Å²) in [6.07, 6.45) is 0.185. The number of halogens is 1. The average Bonchev–Trinajstić information content (AvgIpc) is 2.99. The highest BCUT2D eigenvalue weighted by molar-refractivity contribution is 7.92. The van der Waals surface area contributed by atoms with Crippen molar-refractivity contribution in [3.8, 4) is 0 Å². The highest BCUT2D eigenvalue weighted by Gasteiger charge is 2.35. The molecule has 7 nitrogen and oxygen atoms in total. The zero-order valence-corrected chi connectivity index (χ0v) is 28.1. The summed E-state index contributed by atoms with van der Waals surface area (Å²) in [5, 5.41) is 3.01. The van der Waals surface area contributed by atoms with E-state index in [-0.39, 0.29) is 23.8 Å². The van der Waals surface area contributed by atoms with E-state index in [0.29, 0.717) is 11.3 Å². The molecular formula is C37H42FN3O4S. The summed E-state index contributed by atoms with van der Waals surface area (Å²) >= 11 is 0. The molecule has 0 aliphatic rings. The van der Waals surface area contributed by atoms with Gasteiger partial charge in [0.25, 0.3) is 10.0 Å². The summed E-state index contributed by atoms with van der Waals surface area (Å²) in [4.78, 5) is 29.9. The fourth-order valence-electron chi connectivity index (χ4n) is 5.04. The number of anilines is 1. The number of rotatable bonds is 11. The van der Waals surface area contributed by atoms with Gasteiger partial charge in [-0.05, 0) is 100 Å². The van der Waals surface area contributed by atoms with Crippen LogP contribution in [0.2, 0.25) is 0 Å². The largest absolute Gasteiger partial charge is 0.350 e. The predicted octanol–water partition coefficient (Wildman–Crippen LogP) is 6.50. The molecular weight excluding hydrogens is 601 g/mol.